The molecule has 29 heavy (non-hydrogen) atoms. The van der Waals surface area contributed by atoms with E-state index in [1.165, 1.54) is 11.3 Å². The number of amides is 1. The molecule has 8 heteroatoms. The first-order chi connectivity index (χ1) is 14.0. The summed E-state index contributed by atoms with van der Waals surface area (Å²) >= 11 is 1.45. The molecule has 7 nitrogen and oxygen atoms in total. The van der Waals surface area contributed by atoms with E-state index in [2.05, 4.69) is 0 Å². The molecule has 154 valence electrons. The van der Waals surface area contributed by atoms with Crippen LogP contribution in [-0.2, 0) is 0 Å². The predicted molar refractivity (Wildman–Crippen MR) is 116 cm³/mol. The molecule has 0 unspecified atom stereocenters. The number of thiazole rings is 1. The van der Waals surface area contributed by atoms with Gasteiger partial charge in [-0.15, -0.1) is 0 Å². The molecule has 0 aliphatic rings. The van der Waals surface area contributed by atoms with Gasteiger partial charge in [-0.1, -0.05) is 11.3 Å². The number of carbonyl (C=O) groups is 1. The maximum Gasteiger partial charge on any atom is 0.260 e. The standard InChI is InChI=1S/C21H25N3O4S/c1-23(2)10-11-24(20(25)14-6-8-15(26-3)9-7-14)21-22-16-12-17(27-4)18(28-5)13-19(16)29-21/h6-9,12-13H,10-11H2,1-5H3. The normalized spacial score (nSPS) is 11.0. The molecular weight excluding hydrogens is 390 g/mol. The zero-order chi connectivity index (χ0) is 21.0. The number of anilines is 1. The van der Waals surface area contributed by atoms with Crippen molar-refractivity contribution < 1.29 is 19.0 Å². The average molecular weight is 416 g/mol. The van der Waals surface area contributed by atoms with Crippen molar-refractivity contribution in [3.63, 3.8) is 0 Å². The van der Waals surface area contributed by atoms with Crippen molar-refractivity contribution in [1.29, 1.82) is 0 Å². The van der Waals surface area contributed by atoms with E-state index in [0.717, 1.165) is 10.2 Å². The quantitative estimate of drug-likeness (QED) is 0.561. The van der Waals surface area contributed by atoms with Crippen molar-refractivity contribution in [3.05, 3.63) is 42.0 Å². The molecule has 2 aromatic carbocycles. The Morgan fingerprint density at radius 3 is 2.21 bits per heavy atom. The van der Waals surface area contributed by atoms with Crippen molar-refractivity contribution in [1.82, 2.24) is 9.88 Å². The molecule has 0 saturated carbocycles. The second-order valence-corrected chi connectivity index (χ2v) is 7.67. The summed E-state index contributed by atoms with van der Waals surface area (Å²) in [5.41, 5.74) is 1.35. The summed E-state index contributed by atoms with van der Waals surface area (Å²) in [7, 11) is 8.74. The molecule has 0 radical (unpaired) electrons. The highest BCUT2D eigenvalue weighted by Crippen LogP contribution is 2.37. The van der Waals surface area contributed by atoms with Crippen LogP contribution in [-0.4, -0.2) is 64.3 Å². The number of nitrogens with zero attached hydrogens (tertiary/aromatic N) is 3. The van der Waals surface area contributed by atoms with E-state index in [4.69, 9.17) is 19.2 Å². The topological polar surface area (TPSA) is 64.1 Å². The van der Waals surface area contributed by atoms with Crippen molar-refractivity contribution in [3.8, 4) is 17.2 Å². The van der Waals surface area contributed by atoms with E-state index in [0.29, 0.717) is 41.0 Å². The number of aromatic nitrogens is 1. The van der Waals surface area contributed by atoms with Crippen LogP contribution in [0, 0.1) is 0 Å². The van der Waals surface area contributed by atoms with E-state index in [1.807, 2.05) is 31.1 Å². The molecule has 0 saturated heterocycles. The Morgan fingerprint density at radius 2 is 1.62 bits per heavy atom. The number of likely N-dealkylation sites (N-methyl/N-ethyl adjacent to an activating group) is 1. The zero-order valence-electron chi connectivity index (χ0n) is 17.3. The summed E-state index contributed by atoms with van der Waals surface area (Å²) in [6, 6.07) is 10.8. The van der Waals surface area contributed by atoms with Crippen LogP contribution >= 0.6 is 11.3 Å². The summed E-state index contributed by atoms with van der Waals surface area (Å²) < 4.78 is 16.9. The number of methoxy groups -OCH3 is 3. The number of carbonyl (C=O) groups excluding carboxylic acids is 1. The van der Waals surface area contributed by atoms with Gasteiger partial charge in [0.05, 0.1) is 31.5 Å². The minimum Gasteiger partial charge on any atom is -0.497 e. The third-order valence-corrected chi connectivity index (χ3v) is 5.51. The Labute approximate surface area is 174 Å². The number of hydrogen-bond donors (Lipinski definition) is 0. The first-order valence-corrected chi connectivity index (χ1v) is 9.91. The van der Waals surface area contributed by atoms with Gasteiger partial charge in [0.1, 0.15) is 5.75 Å². The fraction of sp³-hybridized carbons (Fsp3) is 0.333. The third-order valence-electron chi connectivity index (χ3n) is 4.47. The molecule has 1 aromatic heterocycles. The van der Waals surface area contributed by atoms with Gasteiger partial charge >= 0.3 is 0 Å². The molecule has 0 fully saturated rings. The smallest absolute Gasteiger partial charge is 0.260 e. The lowest BCUT2D eigenvalue weighted by Gasteiger charge is -2.22. The maximum absolute atomic E-state index is 13.3. The molecule has 0 aliphatic carbocycles. The highest BCUT2D eigenvalue weighted by Gasteiger charge is 2.22. The molecule has 0 spiro atoms. The zero-order valence-corrected chi connectivity index (χ0v) is 18.1. The lowest BCUT2D eigenvalue weighted by Crippen LogP contribution is -2.36. The van der Waals surface area contributed by atoms with Crippen LogP contribution in [0.5, 0.6) is 17.2 Å². The summed E-state index contributed by atoms with van der Waals surface area (Å²) in [5.74, 6) is 1.85. The van der Waals surface area contributed by atoms with Crippen molar-refractivity contribution in [2.75, 3.05) is 53.4 Å². The highest BCUT2D eigenvalue weighted by molar-refractivity contribution is 7.22. The number of hydrogen-bond acceptors (Lipinski definition) is 7. The van der Waals surface area contributed by atoms with E-state index in [9.17, 15) is 4.79 Å². The van der Waals surface area contributed by atoms with Gasteiger partial charge in [0.25, 0.3) is 5.91 Å². The van der Waals surface area contributed by atoms with Crippen molar-refractivity contribution >= 4 is 32.6 Å². The Bertz CT molecular complexity index is 945. The van der Waals surface area contributed by atoms with Gasteiger partial charge in [-0.05, 0) is 38.4 Å². The summed E-state index contributed by atoms with van der Waals surface area (Å²) in [5, 5.41) is 0.637. The number of fused-ring (bicyclic) bond motifs is 1. The van der Waals surface area contributed by atoms with Gasteiger partial charge in [-0.2, -0.15) is 0 Å². The van der Waals surface area contributed by atoms with Crippen LogP contribution in [0.3, 0.4) is 0 Å². The first-order valence-electron chi connectivity index (χ1n) is 9.10. The molecule has 3 aromatic rings. The van der Waals surface area contributed by atoms with Crippen LogP contribution < -0.4 is 19.1 Å². The van der Waals surface area contributed by atoms with Gasteiger partial charge in [0.2, 0.25) is 0 Å². The summed E-state index contributed by atoms with van der Waals surface area (Å²) in [6.07, 6.45) is 0. The number of rotatable bonds is 8. The van der Waals surface area contributed by atoms with Crippen LogP contribution in [0.25, 0.3) is 10.2 Å². The fourth-order valence-electron chi connectivity index (χ4n) is 2.83. The van der Waals surface area contributed by atoms with Gasteiger partial charge < -0.3 is 19.1 Å². The Hall–Kier alpha value is -2.84. The minimum atomic E-state index is -0.104. The first kappa shape index (κ1) is 20.9. The molecule has 0 atom stereocenters. The number of benzene rings is 2. The molecule has 0 N–H and O–H groups in total. The lowest BCUT2D eigenvalue weighted by atomic mass is 10.2. The van der Waals surface area contributed by atoms with E-state index < -0.39 is 0 Å². The minimum absolute atomic E-state index is 0.104. The van der Waals surface area contributed by atoms with Crippen LogP contribution in [0.1, 0.15) is 10.4 Å². The van der Waals surface area contributed by atoms with Gasteiger partial charge in [0.15, 0.2) is 16.6 Å². The van der Waals surface area contributed by atoms with Gasteiger partial charge in [0, 0.05) is 30.8 Å². The summed E-state index contributed by atoms with van der Waals surface area (Å²) in [4.78, 5) is 21.7. The monoisotopic (exact) mass is 415 g/mol. The van der Waals surface area contributed by atoms with E-state index in [-0.39, 0.29) is 5.91 Å². The second kappa shape index (κ2) is 9.11. The molecule has 1 amide bonds. The van der Waals surface area contributed by atoms with Crippen molar-refractivity contribution in [2.45, 2.75) is 0 Å². The van der Waals surface area contributed by atoms with E-state index >= 15 is 0 Å². The fourth-order valence-corrected chi connectivity index (χ4v) is 3.83. The average Bonchev–Trinajstić information content (AvgIpc) is 3.14. The third kappa shape index (κ3) is 4.60. The Morgan fingerprint density at radius 1 is 0.966 bits per heavy atom. The molecular formula is C21H25N3O4S. The predicted octanol–water partition coefficient (Wildman–Crippen LogP) is 3.53. The molecule has 3 rings (SSSR count). The van der Waals surface area contributed by atoms with Gasteiger partial charge in [-0.3, -0.25) is 9.69 Å². The van der Waals surface area contributed by atoms with Gasteiger partial charge in [-0.25, -0.2) is 4.98 Å². The highest BCUT2D eigenvalue weighted by atomic mass is 32.1. The largest absolute Gasteiger partial charge is 0.497 e. The summed E-state index contributed by atoms with van der Waals surface area (Å²) in [6.45, 7) is 1.23. The number of ether oxygens (including phenoxy) is 3. The molecule has 1 heterocycles. The van der Waals surface area contributed by atoms with Crippen LogP contribution in [0.15, 0.2) is 36.4 Å². The molecule has 0 aliphatic heterocycles. The lowest BCUT2D eigenvalue weighted by molar-refractivity contribution is 0.0985. The maximum atomic E-state index is 13.3. The SMILES string of the molecule is COc1ccc(C(=O)N(CCN(C)C)c2nc3cc(OC)c(OC)cc3s2)cc1. The van der Waals surface area contributed by atoms with Crippen LogP contribution in [0.2, 0.25) is 0 Å². The second-order valence-electron chi connectivity index (χ2n) is 6.66. The molecule has 0 bridgehead atoms. The Kier molecular flexibility index (Phi) is 6.56. The Balaban J connectivity index is 2.00. The van der Waals surface area contributed by atoms with Crippen molar-refractivity contribution in [2.24, 2.45) is 0 Å². The van der Waals surface area contributed by atoms with Crippen LogP contribution in [0.4, 0.5) is 5.13 Å². The van der Waals surface area contributed by atoms with E-state index in [1.54, 1.807) is 50.5 Å².